The molecule has 0 saturated carbocycles. The normalized spacial score (nSPS) is 17.8. The lowest BCUT2D eigenvalue weighted by Crippen LogP contribution is -2.37. The van der Waals surface area contributed by atoms with E-state index in [0.29, 0.717) is 6.42 Å². The summed E-state index contributed by atoms with van der Waals surface area (Å²) in [6.07, 6.45) is 0.339. The first-order valence-corrected chi connectivity index (χ1v) is 5.10. The average molecular weight is 206 g/mol. The summed E-state index contributed by atoms with van der Waals surface area (Å²) < 4.78 is 0. The molecule has 0 spiro atoms. The number of aliphatic hydroxyl groups excluding tert-OH is 3. The van der Waals surface area contributed by atoms with Gasteiger partial charge in [-0.3, -0.25) is 0 Å². The Balaban J connectivity index is 3.68. The molecule has 0 aliphatic carbocycles. The average Bonchev–Trinajstić information content (AvgIpc) is 2.15. The second kappa shape index (κ2) is 7.38. The van der Waals surface area contributed by atoms with Gasteiger partial charge in [-0.1, -0.05) is 38.4 Å². The van der Waals surface area contributed by atoms with Crippen molar-refractivity contribution in [1.82, 2.24) is 0 Å². The van der Waals surface area contributed by atoms with Gasteiger partial charge >= 0.3 is 0 Å². The summed E-state index contributed by atoms with van der Waals surface area (Å²) in [6.45, 7) is 2.06. The van der Waals surface area contributed by atoms with E-state index in [2.05, 4.69) is 19.1 Å². The molecular weight excluding hydrogens is 188 g/mol. The second-order valence-corrected chi connectivity index (χ2v) is 3.45. The largest absolute Gasteiger partial charge is 0.390 e. The Morgan fingerprint density at radius 3 is 2.31 bits per heavy atom. The quantitative estimate of drug-likeness (QED) is 0.423. The van der Waals surface area contributed by atoms with Crippen molar-refractivity contribution in [2.24, 2.45) is 0 Å². The zero-order chi connectivity index (χ0) is 10.3. The zero-order valence-corrected chi connectivity index (χ0v) is 8.70. The standard InChI is InChI=1S/C9H18O3S/c1-2-3-4-5-7(10)9(12)8(11)6-13/h6-12H,2-5H2,1H3/t7-,8+,9-/m1/s1. The number of thiocarbonyl (C=S) groups is 1. The van der Waals surface area contributed by atoms with E-state index in [1.165, 1.54) is 0 Å². The maximum absolute atomic E-state index is 9.37. The van der Waals surface area contributed by atoms with E-state index in [9.17, 15) is 10.2 Å². The van der Waals surface area contributed by atoms with Crippen LogP contribution in [-0.2, 0) is 0 Å². The fourth-order valence-electron chi connectivity index (χ4n) is 1.08. The van der Waals surface area contributed by atoms with Crippen molar-refractivity contribution in [1.29, 1.82) is 0 Å². The van der Waals surface area contributed by atoms with Gasteiger partial charge in [-0.25, -0.2) is 0 Å². The fourth-order valence-corrected chi connectivity index (χ4v) is 1.24. The molecule has 0 aliphatic rings. The molecule has 3 atom stereocenters. The fraction of sp³-hybridized carbons (Fsp3) is 0.889. The van der Waals surface area contributed by atoms with Crippen molar-refractivity contribution < 1.29 is 15.3 Å². The molecule has 0 unspecified atom stereocenters. The van der Waals surface area contributed by atoms with E-state index >= 15 is 0 Å². The Morgan fingerprint density at radius 2 is 1.85 bits per heavy atom. The van der Waals surface area contributed by atoms with Gasteiger partial charge in [-0.15, -0.1) is 0 Å². The second-order valence-electron chi connectivity index (χ2n) is 3.18. The first kappa shape index (κ1) is 13.0. The Hall–Kier alpha value is -0.0300. The molecule has 78 valence electrons. The van der Waals surface area contributed by atoms with Crippen LogP contribution in [0.3, 0.4) is 0 Å². The molecule has 0 radical (unpaired) electrons. The molecule has 3 nitrogen and oxygen atoms in total. The third-order valence-corrected chi connectivity index (χ3v) is 2.27. The number of hydrogen-bond donors (Lipinski definition) is 3. The number of rotatable bonds is 7. The maximum atomic E-state index is 9.37. The van der Waals surface area contributed by atoms with Crippen molar-refractivity contribution in [2.45, 2.75) is 50.9 Å². The van der Waals surface area contributed by atoms with Crippen LogP contribution in [0.25, 0.3) is 0 Å². The lowest BCUT2D eigenvalue weighted by molar-refractivity contribution is -0.0360. The van der Waals surface area contributed by atoms with Crippen molar-refractivity contribution in [3.8, 4) is 0 Å². The number of hydrogen-bond acceptors (Lipinski definition) is 4. The van der Waals surface area contributed by atoms with Gasteiger partial charge in [0.25, 0.3) is 0 Å². The van der Waals surface area contributed by atoms with Crippen LogP contribution in [0.2, 0.25) is 0 Å². The highest BCUT2D eigenvalue weighted by Crippen LogP contribution is 2.08. The molecule has 0 aromatic carbocycles. The van der Waals surface area contributed by atoms with E-state index in [4.69, 9.17) is 5.11 Å². The molecule has 13 heavy (non-hydrogen) atoms. The summed E-state index contributed by atoms with van der Waals surface area (Å²) in [5.41, 5.74) is 0. The molecule has 0 fully saturated rings. The molecule has 0 aromatic rings. The summed E-state index contributed by atoms with van der Waals surface area (Å²) in [5, 5.41) is 28.8. The Bertz CT molecular complexity index is 141. The number of unbranched alkanes of at least 4 members (excludes halogenated alkanes) is 2. The van der Waals surface area contributed by atoms with E-state index in [0.717, 1.165) is 24.6 Å². The van der Waals surface area contributed by atoms with Crippen LogP contribution in [0, 0.1) is 0 Å². The van der Waals surface area contributed by atoms with E-state index in [1.807, 2.05) is 0 Å². The molecule has 0 aromatic heterocycles. The summed E-state index contributed by atoms with van der Waals surface area (Å²) in [4.78, 5) is 0. The van der Waals surface area contributed by atoms with Crippen LogP contribution in [0.1, 0.15) is 32.6 Å². The van der Waals surface area contributed by atoms with E-state index in [-0.39, 0.29) is 0 Å². The van der Waals surface area contributed by atoms with Crippen molar-refractivity contribution in [3.63, 3.8) is 0 Å². The smallest absolute Gasteiger partial charge is 0.111 e. The molecule has 3 N–H and O–H groups in total. The van der Waals surface area contributed by atoms with Crippen LogP contribution in [0.4, 0.5) is 0 Å². The minimum atomic E-state index is -1.14. The van der Waals surface area contributed by atoms with Gasteiger partial charge in [0.15, 0.2) is 0 Å². The highest BCUT2D eigenvalue weighted by molar-refractivity contribution is 7.79. The van der Waals surface area contributed by atoms with Crippen LogP contribution >= 0.6 is 12.2 Å². The highest BCUT2D eigenvalue weighted by atomic mass is 32.1. The van der Waals surface area contributed by atoms with Gasteiger partial charge in [0.2, 0.25) is 0 Å². The summed E-state index contributed by atoms with van der Waals surface area (Å²) in [5.74, 6) is 0. The number of aliphatic hydroxyl groups is 3. The molecule has 0 heterocycles. The predicted molar refractivity (Wildman–Crippen MR) is 55.8 cm³/mol. The van der Waals surface area contributed by atoms with Crippen molar-refractivity contribution in [3.05, 3.63) is 0 Å². The van der Waals surface area contributed by atoms with Gasteiger partial charge in [0.05, 0.1) is 6.10 Å². The third-order valence-electron chi connectivity index (χ3n) is 1.99. The van der Waals surface area contributed by atoms with E-state index in [1.54, 1.807) is 0 Å². The van der Waals surface area contributed by atoms with Crippen LogP contribution < -0.4 is 0 Å². The van der Waals surface area contributed by atoms with Gasteiger partial charge in [0, 0.05) is 5.37 Å². The molecule has 0 bridgehead atoms. The predicted octanol–water partition coefficient (Wildman–Crippen LogP) is 0.649. The Morgan fingerprint density at radius 1 is 1.23 bits per heavy atom. The maximum Gasteiger partial charge on any atom is 0.111 e. The van der Waals surface area contributed by atoms with Gasteiger partial charge < -0.3 is 15.3 Å². The summed E-state index contributed by atoms with van der Waals surface area (Å²) in [7, 11) is 0. The molecule has 0 rings (SSSR count). The van der Waals surface area contributed by atoms with Gasteiger partial charge in [0.1, 0.15) is 12.2 Å². The minimum absolute atomic E-state index is 0.509. The SMILES string of the molecule is CCCCC[C@@H](O)[C@@H](O)[C@@H](O)C=S. The van der Waals surface area contributed by atoms with Gasteiger partial charge in [-0.05, 0) is 6.42 Å². The van der Waals surface area contributed by atoms with Crippen molar-refractivity contribution in [2.75, 3.05) is 0 Å². The van der Waals surface area contributed by atoms with E-state index < -0.39 is 18.3 Å². The third kappa shape index (κ3) is 5.31. The molecule has 0 amide bonds. The Kier molecular flexibility index (Phi) is 7.36. The minimum Gasteiger partial charge on any atom is -0.390 e. The molecule has 0 aliphatic heterocycles. The van der Waals surface area contributed by atoms with Crippen LogP contribution in [0.15, 0.2) is 0 Å². The van der Waals surface area contributed by atoms with Crippen LogP contribution in [0.5, 0.6) is 0 Å². The van der Waals surface area contributed by atoms with Crippen molar-refractivity contribution >= 4 is 17.6 Å². The lowest BCUT2D eigenvalue weighted by atomic mass is 10.0. The Labute approximate surface area is 84.4 Å². The summed E-state index contributed by atoms with van der Waals surface area (Å²) >= 11 is 4.46. The summed E-state index contributed by atoms with van der Waals surface area (Å²) in [6, 6.07) is 0. The molecular formula is C9H18O3S. The first-order valence-electron chi connectivity index (χ1n) is 4.63. The topological polar surface area (TPSA) is 60.7 Å². The molecule has 0 saturated heterocycles. The molecule has 4 heteroatoms. The van der Waals surface area contributed by atoms with Gasteiger partial charge in [-0.2, -0.15) is 0 Å². The first-order chi connectivity index (χ1) is 6.13. The lowest BCUT2D eigenvalue weighted by Gasteiger charge is -2.19. The monoisotopic (exact) mass is 206 g/mol. The van der Waals surface area contributed by atoms with Crippen LogP contribution in [-0.4, -0.2) is 39.0 Å². The zero-order valence-electron chi connectivity index (χ0n) is 7.89. The highest BCUT2D eigenvalue weighted by Gasteiger charge is 2.21.